The molecule has 2 heterocycles. The van der Waals surface area contributed by atoms with Gasteiger partial charge >= 0.3 is 6.03 Å². The predicted octanol–water partition coefficient (Wildman–Crippen LogP) is 2.24. The summed E-state index contributed by atoms with van der Waals surface area (Å²) >= 11 is 0. The Labute approximate surface area is 175 Å². The molecule has 0 atom stereocenters. The maximum atomic E-state index is 12.6. The number of amides is 3. The summed E-state index contributed by atoms with van der Waals surface area (Å²) in [4.78, 5) is 29.1. The second-order valence-electron chi connectivity index (χ2n) is 7.35. The topological polar surface area (TPSA) is 113 Å². The van der Waals surface area contributed by atoms with Gasteiger partial charge in [0.2, 0.25) is 5.95 Å². The van der Waals surface area contributed by atoms with Crippen LogP contribution in [0.5, 0.6) is 0 Å². The molecule has 3 amide bonds. The molecule has 0 unspecified atom stereocenters. The van der Waals surface area contributed by atoms with Crippen molar-refractivity contribution >= 4 is 36.0 Å². The Bertz CT molecular complexity index is 875. The van der Waals surface area contributed by atoms with Crippen molar-refractivity contribution in [2.45, 2.75) is 37.6 Å². The van der Waals surface area contributed by atoms with Gasteiger partial charge in [-0.2, -0.15) is 10.1 Å². The minimum Gasteiger partial charge on any atom is -0.335 e. The van der Waals surface area contributed by atoms with Gasteiger partial charge in [0.15, 0.2) is 5.82 Å². The fourth-order valence-electron chi connectivity index (χ4n) is 3.26. The Kier molecular flexibility index (Phi) is 6.71. The minimum atomic E-state index is -0.293. The summed E-state index contributed by atoms with van der Waals surface area (Å²) in [6, 6.07) is 6.85. The Morgan fingerprint density at radius 3 is 2.62 bits per heavy atom. The van der Waals surface area contributed by atoms with Crippen LogP contribution in [0.2, 0.25) is 0 Å². The zero-order chi connectivity index (χ0) is 19.5. The van der Waals surface area contributed by atoms with Crippen LogP contribution in [0.4, 0.5) is 16.4 Å². The van der Waals surface area contributed by atoms with E-state index in [0.717, 1.165) is 44.6 Å². The Morgan fingerprint density at radius 2 is 1.90 bits per heavy atom. The lowest BCUT2D eigenvalue weighted by Gasteiger charge is -2.19. The largest absolute Gasteiger partial charge is 0.335 e. The Hall–Kier alpha value is -2.65. The van der Waals surface area contributed by atoms with E-state index in [2.05, 4.69) is 31.3 Å². The number of halogens is 1. The van der Waals surface area contributed by atoms with E-state index >= 15 is 0 Å². The molecule has 9 nitrogen and oxygen atoms in total. The number of benzene rings is 1. The van der Waals surface area contributed by atoms with Crippen molar-refractivity contribution in [2.75, 3.05) is 23.7 Å². The van der Waals surface area contributed by atoms with Crippen LogP contribution in [0.25, 0.3) is 0 Å². The molecule has 1 aromatic carbocycles. The van der Waals surface area contributed by atoms with Crippen LogP contribution in [0, 0.1) is 0 Å². The van der Waals surface area contributed by atoms with E-state index in [1.165, 1.54) is 0 Å². The molecule has 1 saturated carbocycles. The molecule has 0 bridgehead atoms. The number of carbonyl (C=O) groups excluding carboxylic acids is 2. The molecule has 2 fully saturated rings. The van der Waals surface area contributed by atoms with Gasteiger partial charge in [-0.05, 0) is 57.0 Å². The third-order valence-corrected chi connectivity index (χ3v) is 5.00. The van der Waals surface area contributed by atoms with Gasteiger partial charge in [0.25, 0.3) is 5.91 Å². The van der Waals surface area contributed by atoms with E-state index in [4.69, 9.17) is 0 Å². The maximum absolute atomic E-state index is 12.6. The van der Waals surface area contributed by atoms with Crippen LogP contribution in [0.15, 0.2) is 24.3 Å². The average molecular weight is 420 g/mol. The van der Waals surface area contributed by atoms with Crippen molar-refractivity contribution in [2.24, 2.45) is 7.05 Å². The number of aromatic nitrogens is 3. The van der Waals surface area contributed by atoms with Gasteiger partial charge in [-0.25, -0.2) is 9.48 Å². The highest BCUT2D eigenvalue weighted by Crippen LogP contribution is 2.23. The SMILES string of the molecule is Cl.Cn1nc(C2CCNCC2)nc1NC(=O)c1cccc(NC(=O)NC2CC2)c1. The lowest BCUT2D eigenvalue weighted by molar-refractivity contribution is 0.102. The van der Waals surface area contributed by atoms with Crippen LogP contribution in [-0.4, -0.2) is 45.8 Å². The molecular weight excluding hydrogens is 394 g/mol. The first-order chi connectivity index (χ1) is 13.6. The number of piperidine rings is 1. The average Bonchev–Trinajstić information content (AvgIpc) is 3.43. The summed E-state index contributed by atoms with van der Waals surface area (Å²) in [5, 5.41) is 16.2. The molecule has 0 spiro atoms. The summed E-state index contributed by atoms with van der Waals surface area (Å²) in [5.74, 6) is 1.21. The summed E-state index contributed by atoms with van der Waals surface area (Å²) in [6.07, 6.45) is 4.03. The molecule has 2 aliphatic rings. The van der Waals surface area contributed by atoms with E-state index in [9.17, 15) is 9.59 Å². The zero-order valence-electron chi connectivity index (χ0n) is 16.3. The zero-order valence-corrected chi connectivity index (χ0v) is 17.1. The third-order valence-electron chi connectivity index (χ3n) is 5.00. The van der Waals surface area contributed by atoms with Gasteiger partial charge in [0.1, 0.15) is 0 Å². The number of aryl methyl sites for hydroxylation is 1. The van der Waals surface area contributed by atoms with Crippen molar-refractivity contribution in [1.29, 1.82) is 0 Å². The summed E-state index contributed by atoms with van der Waals surface area (Å²) in [5.41, 5.74) is 1.01. The van der Waals surface area contributed by atoms with Crippen LogP contribution in [-0.2, 0) is 7.05 Å². The molecule has 4 N–H and O–H groups in total. The van der Waals surface area contributed by atoms with Gasteiger partial charge in [0.05, 0.1) is 0 Å². The number of nitrogens with zero attached hydrogens (tertiary/aromatic N) is 3. The van der Waals surface area contributed by atoms with Crippen LogP contribution < -0.4 is 21.3 Å². The first-order valence-electron chi connectivity index (χ1n) is 9.69. The molecule has 1 aliphatic heterocycles. The number of urea groups is 1. The molecule has 1 aromatic heterocycles. The third kappa shape index (κ3) is 5.45. The quantitative estimate of drug-likeness (QED) is 0.593. The minimum absolute atomic E-state index is 0. The molecule has 29 heavy (non-hydrogen) atoms. The fraction of sp³-hybridized carbons (Fsp3) is 0.474. The van der Waals surface area contributed by atoms with Gasteiger partial charge in [0, 0.05) is 30.3 Å². The lowest BCUT2D eigenvalue weighted by Crippen LogP contribution is -2.30. The number of nitrogens with one attached hydrogen (secondary N) is 4. The lowest BCUT2D eigenvalue weighted by atomic mass is 9.98. The van der Waals surface area contributed by atoms with Crippen molar-refractivity contribution in [1.82, 2.24) is 25.4 Å². The maximum Gasteiger partial charge on any atom is 0.319 e. The number of rotatable bonds is 5. The Morgan fingerprint density at radius 1 is 1.14 bits per heavy atom. The number of hydrogen-bond acceptors (Lipinski definition) is 5. The first kappa shape index (κ1) is 21.1. The molecule has 2 aromatic rings. The summed E-state index contributed by atoms with van der Waals surface area (Å²) in [6.45, 7) is 1.91. The highest BCUT2D eigenvalue weighted by molar-refractivity contribution is 6.04. The molecule has 10 heteroatoms. The van der Waals surface area contributed by atoms with E-state index < -0.39 is 0 Å². The first-order valence-corrected chi connectivity index (χ1v) is 9.69. The van der Waals surface area contributed by atoms with Crippen molar-refractivity contribution in [3.63, 3.8) is 0 Å². The van der Waals surface area contributed by atoms with Crippen LogP contribution in [0.3, 0.4) is 0 Å². The molecule has 1 aliphatic carbocycles. The molecular formula is C19H26ClN7O2. The highest BCUT2D eigenvalue weighted by atomic mass is 35.5. The van der Waals surface area contributed by atoms with Crippen LogP contribution in [0.1, 0.15) is 47.8 Å². The van der Waals surface area contributed by atoms with Crippen molar-refractivity contribution < 1.29 is 9.59 Å². The smallest absolute Gasteiger partial charge is 0.319 e. The van der Waals surface area contributed by atoms with E-state index in [1.54, 1.807) is 36.0 Å². The van der Waals surface area contributed by atoms with Crippen LogP contribution >= 0.6 is 12.4 Å². The fourth-order valence-corrected chi connectivity index (χ4v) is 3.26. The van der Waals surface area contributed by atoms with Crippen molar-refractivity contribution in [3.05, 3.63) is 35.7 Å². The second-order valence-corrected chi connectivity index (χ2v) is 7.35. The number of carbonyl (C=O) groups is 2. The summed E-state index contributed by atoms with van der Waals surface area (Å²) < 4.78 is 1.60. The van der Waals surface area contributed by atoms with E-state index in [-0.39, 0.29) is 30.4 Å². The summed E-state index contributed by atoms with van der Waals surface area (Å²) in [7, 11) is 1.77. The molecule has 156 valence electrons. The second kappa shape index (κ2) is 9.23. The predicted molar refractivity (Wildman–Crippen MR) is 113 cm³/mol. The Balaban J connectivity index is 0.00000240. The molecule has 1 saturated heterocycles. The normalized spacial score (nSPS) is 16.6. The standard InChI is InChI=1S/C19H25N7O2.ClH/c1-26-18(23-16(25-26)12-7-9-20-10-8-12)24-17(27)13-3-2-4-15(11-13)22-19(28)21-14-5-6-14;/h2-4,11-12,14,20H,5-10H2,1H3,(H2,21,22,28)(H,23,24,25,27);1H. The molecule has 0 radical (unpaired) electrons. The van der Waals surface area contributed by atoms with E-state index in [1.807, 2.05) is 0 Å². The van der Waals surface area contributed by atoms with Gasteiger partial charge in [-0.1, -0.05) is 6.07 Å². The number of anilines is 2. The number of hydrogen-bond donors (Lipinski definition) is 4. The monoisotopic (exact) mass is 419 g/mol. The van der Waals surface area contributed by atoms with Gasteiger partial charge in [-0.3, -0.25) is 10.1 Å². The van der Waals surface area contributed by atoms with Gasteiger partial charge < -0.3 is 16.0 Å². The molecule has 4 rings (SSSR count). The van der Waals surface area contributed by atoms with Gasteiger partial charge in [-0.15, -0.1) is 12.4 Å². The van der Waals surface area contributed by atoms with E-state index in [0.29, 0.717) is 23.1 Å². The highest BCUT2D eigenvalue weighted by Gasteiger charge is 2.23. The van der Waals surface area contributed by atoms with Crippen molar-refractivity contribution in [3.8, 4) is 0 Å².